The molecule has 0 unspecified atom stereocenters. The Labute approximate surface area is 140 Å². The summed E-state index contributed by atoms with van der Waals surface area (Å²) in [5.41, 5.74) is 1.21. The molecule has 0 bridgehead atoms. The van der Waals surface area contributed by atoms with Gasteiger partial charge >= 0.3 is 0 Å². The number of amides is 1. The Hall–Kier alpha value is -1.51. The van der Waals surface area contributed by atoms with E-state index in [1.54, 1.807) is 0 Å². The molecule has 1 aromatic rings. The second-order valence-electron chi connectivity index (χ2n) is 6.01. The van der Waals surface area contributed by atoms with Crippen LogP contribution in [0, 0.1) is 0 Å². The summed E-state index contributed by atoms with van der Waals surface area (Å²) in [6.07, 6.45) is -3.85. The highest BCUT2D eigenvalue weighted by Crippen LogP contribution is 2.19. The number of hydrogen-bond acceptors (Lipinski definition) is 6. The second-order valence-corrected chi connectivity index (χ2v) is 6.01. The number of ether oxygens (including phenoxy) is 1. The van der Waals surface area contributed by atoms with E-state index >= 15 is 0 Å². The van der Waals surface area contributed by atoms with Gasteiger partial charge in [0, 0.05) is 6.42 Å². The van der Waals surface area contributed by atoms with Crippen LogP contribution in [-0.4, -0.2) is 63.6 Å². The van der Waals surface area contributed by atoms with Crippen molar-refractivity contribution in [1.29, 1.82) is 0 Å². The average Bonchev–Trinajstić information content (AvgIpc) is 2.60. The van der Waals surface area contributed by atoms with Crippen molar-refractivity contribution in [3.63, 3.8) is 0 Å². The van der Waals surface area contributed by atoms with Crippen molar-refractivity contribution in [2.24, 2.45) is 0 Å². The quantitative estimate of drug-likeness (QED) is 0.420. The van der Waals surface area contributed by atoms with Gasteiger partial charge in [0.15, 0.2) is 6.23 Å². The summed E-state index contributed by atoms with van der Waals surface area (Å²) in [7, 11) is 0. The second kappa shape index (κ2) is 9.10. The fourth-order valence-corrected chi connectivity index (χ4v) is 2.71. The molecule has 0 aliphatic carbocycles. The molecule has 1 amide bonds. The summed E-state index contributed by atoms with van der Waals surface area (Å²) in [6.45, 7) is -0.519. The number of hydrogen-bond donors (Lipinski definition) is 5. The predicted molar refractivity (Wildman–Crippen MR) is 85.9 cm³/mol. The van der Waals surface area contributed by atoms with Gasteiger partial charge < -0.3 is 30.5 Å². The lowest BCUT2D eigenvalue weighted by Crippen LogP contribution is -2.63. The van der Waals surface area contributed by atoms with Gasteiger partial charge in [-0.15, -0.1) is 0 Å². The zero-order chi connectivity index (χ0) is 17.5. The van der Waals surface area contributed by atoms with Crippen LogP contribution in [0.1, 0.15) is 24.8 Å². The van der Waals surface area contributed by atoms with Gasteiger partial charge in [-0.05, 0) is 24.8 Å². The van der Waals surface area contributed by atoms with Gasteiger partial charge in [-0.3, -0.25) is 4.79 Å². The molecule has 7 nitrogen and oxygen atoms in total. The summed E-state index contributed by atoms with van der Waals surface area (Å²) < 4.78 is 5.23. The highest BCUT2D eigenvalue weighted by molar-refractivity contribution is 5.76. The first-order valence-corrected chi connectivity index (χ1v) is 8.16. The fraction of sp³-hybridized carbons (Fsp3) is 0.588. The molecule has 7 heteroatoms. The van der Waals surface area contributed by atoms with Gasteiger partial charge in [0.25, 0.3) is 0 Å². The van der Waals surface area contributed by atoms with Crippen LogP contribution in [0.5, 0.6) is 0 Å². The van der Waals surface area contributed by atoms with Gasteiger partial charge in [-0.1, -0.05) is 30.3 Å². The van der Waals surface area contributed by atoms with E-state index in [1.807, 2.05) is 30.3 Å². The summed E-state index contributed by atoms with van der Waals surface area (Å²) in [6, 6.07) is 9.97. The first kappa shape index (κ1) is 18.8. The van der Waals surface area contributed by atoms with Gasteiger partial charge in [0.05, 0.1) is 6.61 Å². The molecule has 1 heterocycles. The minimum absolute atomic E-state index is 0.266. The molecule has 1 aliphatic rings. The molecule has 1 saturated heterocycles. The number of aryl methyl sites for hydroxylation is 1. The minimum Gasteiger partial charge on any atom is -0.394 e. The van der Waals surface area contributed by atoms with Crippen molar-refractivity contribution in [2.75, 3.05) is 6.61 Å². The fourth-order valence-electron chi connectivity index (χ4n) is 2.71. The zero-order valence-electron chi connectivity index (χ0n) is 13.4. The molecule has 0 spiro atoms. The highest BCUT2D eigenvalue weighted by Gasteiger charge is 2.43. The molecule has 0 saturated carbocycles. The van der Waals surface area contributed by atoms with Crippen molar-refractivity contribution in [3.8, 4) is 0 Å². The molecular weight excluding hydrogens is 314 g/mol. The molecule has 2 rings (SSSR count). The van der Waals surface area contributed by atoms with E-state index in [4.69, 9.17) is 9.84 Å². The zero-order valence-corrected chi connectivity index (χ0v) is 13.4. The van der Waals surface area contributed by atoms with Crippen molar-refractivity contribution < 1.29 is 30.0 Å². The van der Waals surface area contributed by atoms with Crippen molar-refractivity contribution in [1.82, 2.24) is 5.32 Å². The van der Waals surface area contributed by atoms with Crippen molar-refractivity contribution in [3.05, 3.63) is 35.9 Å². The van der Waals surface area contributed by atoms with Gasteiger partial charge in [-0.25, -0.2) is 0 Å². The van der Waals surface area contributed by atoms with Gasteiger partial charge in [-0.2, -0.15) is 0 Å². The van der Waals surface area contributed by atoms with E-state index in [9.17, 15) is 20.1 Å². The number of rotatable bonds is 7. The highest BCUT2D eigenvalue weighted by atomic mass is 16.6. The predicted octanol–water partition coefficient (Wildman–Crippen LogP) is -0.685. The van der Waals surface area contributed by atoms with Crippen LogP contribution in [-0.2, 0) is 16.0 Å². The van der Waals surface area contributed by atoms with Crippen LogP contribution >= 0.6 is 0 Å². The number of unbranched alkanes of at least 4 members (excludes halogenated alkanes) is 1. The van der Waals surface area contributed by atoms with Gasteiger partial charge in [0.2, 0.25) is 5.91 Å². The van der Waals surface area contributed by atoms with Crippen LogP contribution in [0.2, 0.25) is 0 Å². The first-order chi connectivity index (χ1) is 11.5. The number of benzene rings is 1. The topological polar surface area (TPSA) is 119 Å². The third kappa shape index (κ3) is 4.99. The molecule has 1 fully saturated rings. The van der Waals surface area contributed by atoms with Gasteiger partial charge in [0.1, 0.15) is 24.4 Å². The summed E-state index contributed by atoms with van der Waals surface area (Å²) in [5, 5.41) is 40.8. The Balaban J connectivity index is 1.73. The van der Waals surface area contributed by atoms with Crippen LogP contribution in [0.4, 0.5) is 0 Å². The Morgan fingerprint density at radius 1 is 1.04 bits per heavy atom. The SMILES string of the molecule is O=C(CCCCc1ccccc1)N[C@@H]1O[C@H](CO)[C@H](O)[C@H](O)[C@H]1O. The van der Waals surface area contributed by atoms with Crippen molar-refractivity contribution >= 4 is 5.91 Å². The minimum atomic E-state index is -1.49. The Morgan fingerprint density at radius 3 is 2.42 bits per heavy atom. The van der Waals surface area contributed by atoms with E-state index in [-0.39, 0.29) is 12.3 Å². The van der Waals surface area contributed by atoms with Crippen LogP contribution < -0.4 is 5.32 Å². The molecule has 5 atom stereocenters. The lowest BCUT2D eigenvalue weighted by molar-refractivity contribution is -0.236. The van der Waals surface area contributed by atoms with E-state index in [2.05, 4.69) is 5.32 Å². The maximum absolute atomic E-state index is 11.9. The van der Waals surface area contributed by atoms with E-state index in [0.717, 1.165) is 12.8 Å². The largest absolute Gasteiger partial charge is 0.394 e. The number of aliphatic hydroxyl groups is 4. The molecule has 0 radical (unpaired) electrons. The van der Waals surface area contributed by atoms with Crippen LogP contribution in [0.25, 0.3) is 0 Å². The maximum Gasteiger partial charge on any atom is 0.222 e. The average molecular weight is 339 g/mol. The molecule has 5 N–H and O–H groups in total. The molecule has 1 aliphatic heterocycles. The maximum atomic E-state index is 11.9. The monoisotopic (exact) mass is 339 g/mol. The lowest BCUT2D eigenvalue weighted by atomic mass is 9.98. The summed E-state index contributed by atoms with van der Waals surface area (Å²) >= 11 is 0. The molecule has 0 aromatic heterocycles. The standard InChI is InChI=1S/C17H25NO6/c19-10-12-14(21)15(22)16(23)17(24-12)18-13(20)9-5-4-8-11-6-2-1-3-7-11/h1-3,6-7,12,14-17,19,21-23H,4-5,8-10H2,(H,18,20)/t12-,14+,15+,16-,17-/m1/s1. The number of aliphatic hydroxyl groups excluding tert-OH is 4. The number of nitrogens with one attached hydrogen (secondary N) is 1. The van der Waals surface area contributed by atoms with Crippen molar-refractivity contribution in [2.45, 2.75) is 56.3 Å². The summed E-state index contributed by atoms with van der Waals surface area (Å²) in [5.74, 6) is -0.313. The first-order valence-electron chi connectivity index (χ1n) is 8.16. The molecule has 134 valence electrons. The third-order valence-corrected chi connectivity index (χ3v) is 4.16. The Bertz CT molecular complexity index is 509. The van der Waals surface area contributed by atoms with E-state index < -0.39 is 37.3 Å². The van der Waals surface area contributed by atoms with E-state index in [1.165, 1.54) is 5.56 Å². The molecular formula is C17H25NO6. The number of carbonyl (C=O) groups excluding carboxylic acids is 1. The Morgan fingerprint density at radius 2 is 1.75 bits per heavy atom. The molecule has 1 aromatic carbocycles. The van der Waals surface area contributed by atoms with E-state index in [0.29, 0.717) is 6.42 Å². The third-order valence-electron chi connectivity index (χ3n) is 4.16. The smallest absolute Gasteiger partial charge is 0.222 e. The Kier molecular flexibility index (Phi) is 7.14. The summed E-state index contributed by atoms with van der Waals surface area (Å²) in [4.78, 5) is 11.9. The molecule has 24 heavy (non-hydrogen) atoms. The lowest BCUT2D eigenvalue weighted by Gasteiger charge is -2.40. The normalized spacial score (nSPS) is 30.1. The van der Waals surface area contributed by atoms with Crippen LogP contribution in [0.3, 0.4) is 0 Å². The number of carbonyl (C=O) groups is 1. The van der Waals surface area contributed by atoms with Crippen LogP contribution in [0.15, 0.2) is 30.3 Å².